The number of nitrogens with zero attached hydrogens (tertiary/aromatic N) is 1. The van der Waals surface area contributed by atoms with E-state index < -0.39 is 12.0 Å². The molecule has 5 heteroatoms. The van der Waals surface area contributed by atoms with Crippen molar-refractivity contribution in [2.75, 3.05) is 6.54 Å². The molecule has 0 amide bonds. The van der Waals surface area contributed by atoms with Crippen LogP contribution >= 0.6 is 22.9 Å². The molecule has 3 nitrogen and oxygen atoms in total. The maximum absolute atomic E-state index is 11.7. The van der Waals surface area contributed by atoms with Gasteiger partial charge < -0.3 is 5.11 Å². The minimum atomic E-state index is -0.733. The van der Waals surface area contributed by atoms with Crippen LogP contribution in [0.3, 0.4) is 0 Å². The zero-order chi connectivity index (χ0) is 15.5. The van der Waals surface area contributed by atoms with Crippen LogP contribution in [0.5, 0.6) is 0 Å². The normalized spacial score (nSPS) is 20.7. The number of hydrogen-bond acceptors (Lipinski definition) is 3. The molecule has 0 bridgehead atoms. The Balaban J connectivity index is 2.03. The number of carboxylic acid groups (broad SMARTS) is 1. The summed E-state index contributed by atoms with van der Waals surface area (Å²) in [6.45, 7) is 0.798. The van der Waals surface area contributed by atoms with Gasteiger partial charge in [-0.05, 0) is 48.5 Å². The van der Waals surface area contributed by atoms with E-state index in [-0.39, 0.29) is 6.04 Å². The predicted molar refractivity (Wildman–Crippen MR) is 89.6 cm³/mol. The number of carboxylic acids is 1. The molecule has 1 N–H and O–H groups in total. The van der Waals surface area contributed by atoms with E-state index in [0.717, 1.165) is 29.8 Å². The second-order valence-electron chi connectivity index (χ2n) is 5.56. The molecule has 0 spiro atoms. The molecule has 1 aromatic carbocycles. The lowest BCUT2D eigenvalue weighted by molar-refractivity contribution is -0.145. The summed E-state index contributed by atoms with van der Waals surface area (Å²) in [6.07, 6.45) is 2.71. The van der Waals surface area contributed by atoms with Crippen molar-refractivity contribution in [3.8, 4) is 0 Å². The number of hydrogen-bond donors (Lipinski definition) is 1. The van der Waals surface area contributed by atoms with Crippen molar-refractivity contribution in [3.05, 3.63) is 57.2 Å². The van der Waals surface area contributed by atoms with E-state index in [4.69, 9.17) is 11.6 Å². The molecule has 1 aliphatic heterocycles. The molecule has 0 aliphatic carbocycles. The third-order valence-electron chi connectivity index (χ3n) is 4.14. The number of piperidine rings is 1. The molecule has 0 radical (unpaired) electrons. The molecular formula is C17H18ClNO2S. The highest BCUT2D eigenvalue weighted by Gasteiger charge is 2.35. The molecule has 2 unspecified atom stereocenters. The number of carbonyl (C=O) groups is 1. The smallest absolute Gasteiger partial charge is 0.320 e. The Labute approximate surface area is 139 Å². The summed E-state index contributed by atoms with van der Waals surface area (Å²) in [7, 11) is 0. The standard InChI is InChI=1S/C17H18ClNO2S/c18-13-6-3-5-12(11-13)16(15-8-4-10-22-15)19-9-2-1-7-14(19)17(20)21/h3-6,8,10-11,14,16H,1-2,7,9H2,(H,20,21). The highest BCUT2D eigenvalue weighted by atomic mass is 35.5. The fourth-order valence-corrected chi connectivity index (χ4v) is 4.24. The van der Waals surface area contributed by atoms with E-state index in [1.807, 2.05) is 35.7 Å². The predicted octanol–water partition coefficient (Wildman–Crippen LogP) is 4.43. The minimum Gasteiger partial charge on any atom is -0.480 e. The molecule has 2 heterocycles. The Bertz CT molecular complexity index is 644. The van der Waals surface area contributed by atoms with Gasteiger partial charge in [-0.25, -0.2) is 0 Å². The minimum absolute atomic E-state index is 0.0416. The van der Waals surface area contributed by atoms with Crippen molar-refractivity contribution in [2.45, 2.75) is 31.3 Å². The summed E-state index contributed by atoms with van der Waals surface area (Å²) in [5.41, 5.74) is 1.06. The van der Waals surface area contributed by atoms with Crippen molar-refractivity contribution in [1.82, 2.24) is 4.90 Å². The van der Waals surface area contributed by atoms with E-state index >= 15 is 0 Å². The molecule has 2 atom stereocenters. The van der Waals surface area contributed by atoms with E-state index in [1.165, 1.54) is 0 Å². The SMILES string of the molecule is O=C(O)C1CCCCN1C(c1cccc(Cl)c1)c1cccs1. The molecule has 3 rings (SSSR count). The van der Waals surface area contributed by atoms with Gasteiger partial charge in [0.15, 0.2) is 0 Å². The van der Waals surface area contributed by atoms with Crippen molar-refractivity contribution in [1.29, 1.82) is 0 Å². The molecule has 2 aromatic rings. The molecule has 1 aliphatic rings. The van der Waals surface area contributed by atoms with Crippen LogP contribution < -0.4 is 0 Å². The van der Waals surface area contributed by atoms with Gasteiger partial charge in [-0.15, -0.1) is 11.3 Å². The summed E-state index contributed by atoms with van der Waals surface area (Å²) < 4.78 is 0. The zero-order valence-corrected chi connectivity index (χ0v) is 13.7. The third-order valence-corrected chi connectivity index (χ3v) is 5.30. The van der Waals surface area contributed by atoms with Crippen molar-refractivity contribution < 1.29 is 9.90 Å². The lowest BCUT2D eigenvalue weighted by Crippen LogP contribution is -2.46. The van der Waals surface area contributed by atoms with Gasteiger partial charge in [0.2, 0.25) is 0 Å². The van der Waals surface area contributed by atoms with Gasteiger partial charge in [0, 0.05) is 9.90 Å². The Hall–Kier alpha value is -1.36. The lowest BCUT2D eigenvalue weighted by Gasteiger charge is -2.39. The van der Waals surface area contributed by atoms with Crippen LogP contribution in [-0.4, -0.2) is 28.6 Å². The number of rotatable bonds is 4. The van der Waals surface area contributed by atoms with Crippen LogP contribution in [0.25, 0.3) is 0 Å². The molecule has 22 heavy (non-hydrogen) atoms. The van der Waals surface area contributed by atoms with Crippen LogP contribution in [0, 0.1) is 0 Å². The Kier molecular flexibility index (Phi) is 4.81. The molecular weight excluding hydrogens is 318 g/mol. The van der Waals surface area contributed by atoms with Crippen LogP contribution in [0.1, 0.15) is 35.7 Å². The van der Waals surface area contributed by atoms with E-state index in [0.29, 0.717) is 11.4 Å². The van der Waals surface area contributed by atoms with Gasteiger partial charge >= 0.3 is 5.97 Å². The third kappa shape index (κ3) is 3.19. The van der Waals surface area contributed by atoms with Gasteiger partial charge in [-0.1, -0.05) is 36.2 Å². The second-order valence-corrected chi connectivity index (χ2v) is 6.98. The average molecular weight is 336 g/mol. The van der Waals surface area contributed by atoms with Gasteiger partial charge in [0.1, 0.15) is 6.04 Å². The first-order valence-electron chi connectivity index (χ1n) is 7.44. The fourth-order valence-electron chi connectivity index (χ4n) is 3.17. The van der Waals surface area contributed by atoms with Crippen LogP contribution in [0.2, 0.25) is 5.02 Å². The van der Waals surface area contributed by atoms with Crippen LogP contribution in [-0.2, 0) is 4.79 Å². The fraction of sp³-hybridized carbons (Fsp3) is 0.353. The number of benzene rings is 1. The number of halogens is 1. The molecule has 1 saturated heterocycles. The number of thiophene rings is 1. The van der Waals surface area contributed by atoms with Gasteiger partial charge in [0.25, 0.3) is 0 Å². The molecule has 1 aromatic heterocycles. The molecule has 1 fully saturated rings. The Morgan fingerprint density at radius 2 is 2.18 bits per heavy atom. The summed E-state index contributed by atoms with van der Waals surface area (Å²) in [4.78, 5) is 14.9. The van der Waals surface area contributed by atoms with Gasteiger partial charge in [-0.3, -0.25) is 9.69 Å². The topological polar surface area (TPSA) is 40.5 Å². The van der Waals surface area contributed by atoms with Crippen LogP contribution in [0.15, 0.2) is 41.8 Å². The monoisotopic (exact) mass is 335 g/mol. The first kappa shape index (κ1) is 15.5. The first-order chi connectivity index (χ1) is 10.7. The summed E-state index contributed by atoms with van der Waals surface area (Å²) in [5.74, 6) is -0.733. The first-order valence-corrected chi connectivity index (χ1v) is 8.70. The van der Waals surface area contributed by atoms with Crippen molar-refractivity contribution in [3.63, 3.8) is 0 Å². The van der Waals surface area contributed by atoms with Gasteiger partial charge in [0.05, 0.1) is 6.04 Å². The van der Waals surface area contributed by atoms with Crippen LogP contribution in [0.4, 0.5) is 0 Å². The van der Waals surface area contributed by atoms with E-state index in [2.05, 4.69) is 11.0 Å². The molecule has 116 valence electrons. The zero-order valence-electron chi connectivity index (χ0n) is 12.1. The summed E-state index contributed by atoms with van der Waals surface area (Å²) >= 11 is 7.82. The maximum atomic E-state index is 11.7. The quantitative estimate of drug-likeness (QED) is 0.898. The average Bonchev–Trinajstić information content (AvgIpc) is 3.02. The van der Waals surface area contributed by atoms with E-state index in [9.17, 15) is 9.90 Å². The van der Waals surface area contributed by atoms with Crippen molar-refractivity contribution in [2.24, 2.45) is 0 Å². The molecule has 0 saturated carbocycles. The second kappa shape index (κ2) is 6.82. The Morgan fingerprint density at radius 1 is 1.32 bits per heavy atom. The number of aliphatic carboxylic acids is 1. The lowest BCUT2D eigenvalue weighted by atomic mass is 9.95. The maximum Gasteiger partial charge on any atom is 0.320 e. The highest BCUT2D eigenvalue weighted by molar-refractivity contribution is 7.10. The van der Waals surface area contributed by atoms with E-state index in [1.54, 1.807) is 11.3 Å². The summed E-state index contributed by atoms with van der Waals surface area (Å²) in [6, 6.07) is 11.4. The summed E-state index contributed by atoms with van der Waals surface area (Å²) in [5, 5.41) is 12.3. The van der Waals surface area contributed by atoms with Crippen molar-refractivity contribution >= 4 is 28.9 Å². The Morgan fingerprint density at radius 3 is 2.86 bits per heavy atom. The largest absolute Gasteiger partial charge is 0.480 e. The van der Waals surface area contributed by atoms with Gasteiger partial charge in [-0.2, -0.15) is 0 Å². The highest BCUT2D eigenvalue weighted by Crippen LogP contribution is 2.37. The number of likely N-dealkylation sites (tertiary alicyclic amines) is 1.